The molecule has 2 amide bonds. The van der Waals surface area contributed by atoms with Crippen molar-refractivity contribution in [1.29, 1.82) is 0 Å². The summed E-state index contributed by atoms with van der Waals surface area (Å²) in [4.78, 5) is 23.8. The molecule has 2 rings (SSSR count). The smallest absolute Gasteiger partial charge is 0.412 e. The summed E-state index contributed by atoms with van der Waals surface area (Å²) in [5.41, 5.74) is 1.28. The van der Waals surface area contributed by atoms with E-state index in [9.17, 15) is 9.59 Å². The molecule has 0 heterocycles. The molecule has 0 spiro atoms. The Kier molecular flexibility index (Phi) is 7.31. The van der Waals surface area contributed by atoms with E-state index in [2.05, 4.69) is 10.6 Å². The van der Waals surface area contributed by atoms with Crippen LogP contribution in [0.5, 0.6) is 0 Å². The summed E-state index contributed by atoms with van der Waals surface area (Å²) < 4.78 is 10.5. The second-order valence-corrected chi connectivity index (χ2v) is 5.40. The van der Waals surface area contributed by atoms with Crippen molar-refractivity contribution in [2.75, 3.05) is 17.2 Å². The van der Waals surface area contributed by atoms with Gasteiger partial charge in [0.2, 0.25) is 0 Å². The molecule has 2 aromatic carbocycles. The standard InChI is InChI=1S/C19H22N2O4/c1-2-9-17(25-19(23)21-16-12-7-4-8-13-16)14-24-18(22)20-15-10-5-3-6-11-15/h3-8,10-13,17H,2,9,14H2,1H3,(H,20,22)(H,21,23)/t17-/m1/s1. The minimum Gasteiger partial charge on any atom is -0.445 e. The normalized spacial score (nSPS) is 11.2. The molecular formula is C19H22N2O4. The van der Waals surface area contributed by atoms with Gasteiger partial charge in [-0.3, -0.25) is 10.6 Å². The van der Waals surface area contributed by atoms with E-state index in [1.807, 2.05) is 43.3 Å². The van der Waals surface area contributed by atoms with Gasteiger partial charge in [-0.25, -0.2) is 9.59 Å². The first kappa shape index (κ1) is 18.3. The van der Waals surface area contributed by atoms with Gasteiger partial charge in [-0.05, 0) is 30.7 Å². The van der Waals surface area contributed by atoms with Crippen LogP contribution in [-0.2, 0) is 9.47 Å². The van der Waals surface area contributed by atoms with E-state index in [1.165, 1.54) is 0 Å². The maximum atomic E-state index is 11.9. The molecule has 0 aromatic heterocycles. The molecule has 0 saturated carbocycles. The first-order chi connectivity index (χ1) is 12.2. The fourth-order valence-corrected chi connectivity index (χ4v) is 2.16. The Morgan fingerprint density at radius 2 is 1.40 bits per heavy atom. The third-order valence-corrected chi connectivity index (χ3v) is 3.33. The molecule has 0 saturated heterocycles. The maximum absolute atomic E-state index is 11.9. The zero-order valence-corrected chi connectivity index (χ0v) is 14.1. The zero-order chi connectivity index (χ0) is 17.9. The van der Waals surface area contributed by atoms with Crippen molar-refractivity contribution in [3.63, 3.8) is 0 Å². The summed E-state index contributed by atoms with van der Waals surface area (Å²) >= 11 is 0. The lowest BCUT2D eigenvalue weighted by Gasteiger charge is -2.18. The largest absolute Gasteiger partial charge is 0.445 e. The molecule has 0 bridgehead atoms. The average molecular weight is 342 g/mol. The van der Waals surface area contributed by atoms with Crippen LogP contribution in [0, 0.1) is 0 Å². The molecule has 0 fully saturated rings. The van der Waals surface area contributed by atoms with Gasteiger partial charge in [0.1, 0.15) is 12.7 Å². The molecule has 0 aliphatic heterocycles. The second-order valence-electron chi connectivity index (χ2n) is 5.40. The topological polar surface area (TPSA) is 76.7 Å². The van der Waals surface area contributed by atoms with E-state index in [0.717, 1.165) is 6.42 Å². The van der Waals surface area contributed by atoms with E-state index in [0.29, 0.717) is 17.8 Å². The summed E-state index contributed by atoms with van der Waals surface area (Å²) in [6, 6.07) is 18.0. The molecule has 2 N–H and O–H groups in total. The molecular weight excluding hydrogens is 320 g/mol. The molecule has 6 nitrogen and oxygen atoms in total. The van der Waals surface area contributed by atoms with Gasteiger partial charge in [-0.2, -0.15) is 0 Å². The molecule has 0 aliphatic rings. The van der Waals surface area contributed by atoms with Crippen LogP contribution in [0.2, 0.25) is 0 Å². The predicted octanol–water partition coefficient (Wildman–Crippen LogP) is 4.65. The van der Waals surface area contributed by atoms with Crippen molar-refractivity contribution in [2.24, 2.45) is 0 Å². The third-order valence-electron chi connectivity index (χ3n) is 3.33. The third kappa shape index (κ3) is 6.95. The van der Waals surface area contributed by atoms with Crippen LogP contribution in [0.1, 0.15) is 19.8 Å². The summed E-state index contributed by atoms with van der Waals surface area (Å²) in [6.45, 7) is 1.96. The maximum Gasteiger partial charge on any atom is 0.412 e. The van der Waals surface area contributed by atoms with Crippen molar-refractivity contribution < 1.29 is 19.1 Å². The van der Waals surface area contributed by atoms with Gasteiger partial charge in [-0.1, -0.05) is 49.7 Å². The van der Waals surface area contributed by atoms with E-state index in [-0.39, 0.29) is 6.61 Å². The first-order valence-corrected chi connectivity index (χ1v) is 8.19. The molecule has 0 radical (unpaired) electrons. The number of nitrogens with one attached hydrogen (secondary N) is 2. The van der Waals surface area contributed by atoms with Gasteiger partial charge in [0, 0.05) is 11.4 Å². The molecule has 25 heavy (non-hydrogen) atoms. The number of benzene rings is 2. The Bertz CT molecular complexity index is 662. The molecule has 0 aliphatic carbocycles. The SMILES string of the molecule is CCC[C@H](COC(=O)Nc1ccccc1)OC(=O)Nc1ccccc1. The van der Waals surface area contributed by atoms with Gasteiger partial charge in [0.25, 0.3) is 0 Å². The van der Waals surface area contributed by atoms with Gasteiger partial charge < -0.3 is 9.47 Å². The van der Waals surface area contributed by atoms with E-state index in [1.54, 1.807) is 24.3 Å². The van der Waals surface area contributed by atoms with Crippen molar-refractivity contribution in [3.05, 3.63) is 60.7 Å². The Hall–Kier alpha value is -3.02. The van der Waals surface area contributed by atoms with Crippen molar-refractivity contribution in [3.8, 4) is 0 Å². The molecule has 2 aromatic rings. The van der Waals surface area contributed by atoms with Crippen LogP contribution in [0.25, 0.3) is 0 Å². The summed E-state index contributed by atoms with van der Waals surface area (Å²) in [5.74, 6) is 0. The lowest BCUT2D eigenvalue weighted by atomic mass is 10.2. The van der Waals surface area contributed by atoms with Crippen molar-refractivity contribution >= 4 is 23.6 Å². The number of carbonyl (C=O) groups excluding carboxylic acids is 2. The highest BCUT2D eigenvalue weighted by atomic mass is 16.6. The number of hydrogen-bond acceptors (Lipinski definition) is 4. The molecule has 132 valence electrons. The lowest BCUT2D eigenvalue weighted by Crippen LogP contribution is -2.28. The number of carbonyl (C=O) groups is 2. The molecule has 1 atom stereocenters. The minimum atomic E-state index is -0.584. The fourth-order valence-electron chi connectivity index (χ4n) is 2.16. The monoisotopic (exact) mass is 342 g/mol. The lowest BCUT2D eigenvalue weighted by molar-refractivity contribution is 0.0508. The highest BCUT2D eigenvalue weighted by molar-refractivity contribution is 5.85. The second kappa shape index (κ2) is 9.97. The van der Waals surface area contributed by atoms with Crippen LogP contribution in [0.4, 0.5) is 21.0 Å². The number of para-hydroxylation sites is 2. The van der Waals surface area contributed by atoms with E-state index < -0.39 is 18.3 Å². The Balaban J connectivity index is 1.79. The minimum absolute atomic E-state index is 0.00524. The van der Waals surface area contributed by atoms with Crippen LogP contribution < -0.4 is 10.6 Å². The Labute approximate surface area is 147 Å². The first-order valence-electron chi connectivity index (χ1n) is 8.19. The molecule has 0 unspecified atom stereocenters. The number of amides is 2. The predicted molar refractivity (Wildman–Crippen MR) is 96.7 cm³/mol. The van der Waals surface area contributed by atoms with Gasteiger partial charge in [0.05, 0.1) is 0 Å². The Morgan fingerprint density at radius 3 is 1.92 bits per heavy atom. The van der Waals surface area contributed by atoms with Crippen LogP contribution in [0.3, 0.4) is 0 Å². The average Bonchev–Trinajstić information content (AvgIpc) is 2.61. The van der Waals surface area contributed by atoms with Crippen molar-refractivity contribution in [1.82, 2.24) is 0 Å². The summed E-state index contributed by atoms with van der Waals surface area (Å²) in [6.07, 6.45) is -0.264. The summed E-state index contributed by atoms with van der Waals surface area (Å²) in [5, 5.41) is 5.26. The van der Waals surface area contributed by atoms with E-state index in [4.69, 9.17) is 9.47 Å². The number of anilines is 2. The van der Waals surface area contributed by atoms with Gasteiger partial charge in [-0.15, -0.1) is 0 Å². The van der Waals surface area contributed by atoms with Crippen LogP contribution in [-0.4, -0.2) is 24.9 Å². The van der Waals surface area contributed by atoms with Gasteiger partial charge >= 0.3 is 12.2 Å². The highest BCUT2D eigenvalue weighted by Gasteiger charge is 2.16. The number of ether oxygens (including phenoxy) is 2. The number of rotatable bonds is 7. The fraction of sp³-hybridized carbons (Fsp3) is 0.263. The van der Waals surface area contributed by atoms with Crippen LogP contribution >= 0.6 is 0 Å². The van der Waals surface area contributed by atoms with E-state index >= 15 is 0 Å². The van der Waals surface area contributed by atoms with Crippen molar-refractivity contribution in [2.45, 2.75) is 25.9 Å². The highest BCUT2D eigenvalue weighted by Crippen LogP contribution is 2.10. The van der Waals surface area contributed by atoms with Crippen LogP contribution in [0.15, 0.2) is 60.7 Å². The Morgan fingerprint density at radius 1 is 0.880 bits per heavy atom. The number of hydrogen-bond donors (Lipinski definition) is 2. The quantitative estimate of drug-likeness (QED) is 0.768. The summed E-state index contributed by atoms with van der Waals surface area (Å²) in [7, 11) is 0. The molecule has 6 heteroatoms. The zero-order valence-electron chi connectivity index (χ0n) is 14.1. The van der Waals surface area contributed by atoms with Gasteiger partial charge in [0.15, 0.2) is 0 Å².